The lowest BCUT2D eigenvalue weighted by molar-refractivity contribution is 0.102. The molecule has 168 valence electrons. The predicted molar refractivity (Wildman–Crippen MR) is 121 cm³/mol. The molecule has 1 aliphatic rings. The zero-order valence-electron chi connectivity index (χ0n) is 18.3. The van der Waals surface area contributed by atoms with Crippen LogP contribution in [0.3, 0.4) is 0 Å². The van der Waals surface area contributed by atoms with Crippen molar-refractivity contribution in [1.82, 2.24) is 14.4 Å². The summed E-state index contributed by atoms with van der Waals surface area (Å²) >= 11 is 0. The third-order valence-corrected chi connectivity index (χ3v) is 7.35. The molecule has 0 radical (unpaired) electrons. The molecule has 0 saturated carbocycles. The molecule has 32 heavy (non-hydrogen) atoms. The summed E-state index contributed by atoms with van der Waals surface area (Å²) in [5, 5.41) is 6.55. The summed E-state index contributed by atoms with van der Waals surface area (Å²) in [6, 6.07) is 13.1. The van der Waals surface area contributed by atoms with Crippen molar-refractivity contribution in [2.24, 2.45) is 11.8 Å². The van der Waals surface area contributed by atoms with Gasteiger partial charge in [-0.2, -0.15) is 9.29 Å². The Kier molecular flexibility index (Phi) is 6.12. The van der Waals surface area contributed by atoms with E-state index in [1.807, 2.05) is 0 Å². The van der Waals surface area contributed by atoms with Crippen molar-refractivity contribution in [3.8, 4) is 11.5 Å². The number of piperidine rings is 1. The van der Waals surface area contributed by atoms with Crippen LogP contribution in [0.4, 0.5) is 5.69 Å². The van der Waals surface area contributed by atoms with Gasteiger partial charge in [0.25, 0.3) is 11.8 Å². The van der Waals surface area contributed by atoms with E-state index < -0.39 is 10.0 Å². The van der Waals surface area contributed by atoms with Gasteiger partial charge in [-0.25, -0.2) is 8.42 Å². The molecule has 1 amide bonds. The third-order valence-electron chi connectivity index (χ3n) is 5.51. The number of sulfonamides is 1. The first kappa shape index (κ1) is 22.2. The molecule has 9 heteroatoms. The van der Waals surface area contributed by atoms with Crippen molar-refractivity contribution in [3.63, 3.8) is 0 Å². The van der Waals surface area contributed by atoms with E-state index in [1.54, 1.807) is 47.6 Å². The van der Waals surface area contributed by atoms with Crippen LogP contribution in [0.1, 0.15) is 36.5 Å². The van der Waals surface area contributed by atoms with Crippen molar-refractivity contribution < 1.29 is 17.7 Å². The van der Waals surface area contributed by atoms with Gasteiger partial charge in [0.05, 0.1) is 4.90 Å². The molecular weight excluding hydrogens is 428 g/mol. The molecule has 2 aromatic carbocycles. The zero-order chi connectivity index (χ0) is 22.9. The number of benzene rings is 2. The van der Waals surface area contributed by atoms with E-state index >= 15 is 0 Å². The van der Waals surface area contributed by atoms with Crippen molar-refractivity contribution in [2.75, 3.05) is 18.4 Å². The van der Waals surface area contributed by atoms with Gasteiger partial charge in [0.1, 0.15) is 0 Å². The van der Waals surface area contributed by atoms with Crippen molar-refractivity contribution in [3.05, 3.63) is 59.9 Å². The van der Waals surface area contributed by atoms with Crippen LogP contribution in [0.15, 0.2) is 57.9 Å². The molecule has 8 nitrogen and oxygen atoms in total. The van der Waals surface area contributed by atoms with Crippen LogP contribution >= 0.6 is 0 Å². The summed E-state index contributed by atoms with van der Waals surface area (Å²) < 4.78 is 32.7. The SMILES string of the molecule is Cc1noc(-c2ccc(C(=O)Nc3ccc(S(=O)(=O)N4CC(C)CC(C)C4)cc3)cc2)n1. The summed E-state index contributed by atoms with van der Waals surface area (Å²) in [5.41, 5.74) is 1.70. The van der Waals surface area contributed by atoms with Gasteiger partial charge >= 0.3 is 0 Å². The summed E-state index contributed by atoms with van der Waals surface area (Å²) in [6.07, 6.45) is 1.03. The lowest BCUT2D eigenvalue weighted by atomic mass is 9.94. The lowest BCUT2D eigenvalue weighted by Gasteiger charge is -2.34. The van der Waals surface area contributed by atoms with E-state index in [4.69, 9.17) is 4.52 Å². The van der Waals surface area contributed by atoms with Crippen LogP contribution in [0, 0.1) is 18.8 Å². The molecule has 1 saturated heterocycles. The number of anilines is 1. The number of carbonyl (C=O) groups is 1. The van der Waals surface area contributed by atoms with Gasteiger partial charge in [0.15, 0.2) is 5.82 Å². The summed E-state index contributed by atoms with van der Waals surface area (Å²) in [5.74, 6) is 1.30. The molecule has 0 aliphatic carbocycles. The Bertz CT molecular complexity index is 1190. The van der Waals surface area contributed by atoms with Crippen LogP contribution in [-0.4, -0.2) is 41.9 Å². The van der Waals surface area contributed by atoms with Crippen LogP contribution in [0.2, 0.25) is 0 Å². The van der Waals surface area contributed by atoms with Crippen LogP contribution in [0.5, 0.6) is 0 Å². The Morgan fingerprint density at radius 1 is 1.03 bits per heavy atom. The Labute approximate surface area is 187 Å². The second-order valence-corrected chi connectivity index (χ2v) is 10.4. The quantitative estimate of drug-likeness (QED) is 0.625. The molecule has 2 atom stereocenters. The minimum absolute atomic E-state index is 0.232. The fraction of sp³-hybridized carbons (Fsp3) is 0.348. The predicted octanol–water partition coefficient (Wildman–Crippen LogP) is 3.96. The molecule has 3 aromatic rings. The minimum atomic E-state index is -3.55. The molecule has 1 fully saturated rings. The summed E-state index contributed by atoms with van der Waals surface area (Å²) in [6.45, 7) is 6.95. The van der Waals surface area contributed by atoms with Gasteiger partial charge in [-0.3, -0.25) is 4.79 Å². The largest absolute Gasteiger partial charge is 0.334 e. The summed E-state index contributed by atoms with van der Waals surface area (Å²) in [7, 11) is -3.55. The number of nitrogens with one attached hydrogen (secondary N) is 1. The average Bonchev–Trinajstić information content (AvgIpc) is 3.20. The van der Waals surface area contributed by atoms with E-state index in [0.717, 1.165) is 12.0 Å². The molecule has 1 aromatic heterocycles. The number of aromatic nitrogens is 2. The van der Waals surface area contributed by atoms with Gasteiger partial charge in [-0.05, 0) is 73.7 Å². The fourth-order valence-corrected chi connectivity index (χ4v) is 5.72. The molecule has 2 unspecified atom stereocenters. The maximum absolute atomic E-state index is 13.0. The van der Waals surface area contributed by atoms with E-state index in [-0.39, 0.29) is 10.8 Å². The highest BCUT2D eigenvalue weighted by Crippen LogP contribution is 2.27. The summed E-state index contributed by atoms with van der Waals surface area (Å²) in [4.78, 5) is 17.0. The number of hydrogen-bond donors (Lipinski definition) is 1. The van der Waals surface area contributed by atoms with Crippen molar-refractivity contribution >= 4 is 21.6 Å². The lowest BCUT2D eigenvalue weighted by Crippen LogP contribution is -2.42. The molecule has 0 bridgehead atoms. The average molecular weight is 455 g/mol. The second kappa shape index (κ2) is 8.84. The number of rotatable bonds is 5. The van der Waals surface area contributed by atoms with Crippen LogP contribution in [-0.2, 0) is 10.0 Å². The van der Waals surface area contributed by atoms with Gasteiger partial charge in [0, 0.05) is 29.9 Å². The van der Waals surface area contributed by atoms with Gasteiger partial charge in [-0.1, -0.05) is 19.0 Å². The number of aryl methyl sites for hydroxylation is 1. The van der Waals surface area contributed by atoms with E-state index in [1.165, 1.54) is 12.1 Å². The van der Waals surface area contributed by atoms with Crippen molar-refractivity contribution in [2.45, 2.75) is 32.1 Å². The van der Waals surface area contributed by atoms with Gasteiger partial charge in [-0.15, -0.1) is 0 Å². The van der Waals surface area contributed by atoms with Crippen LogP contribution < -0.4 is 5.32 Å². The molecule has 1 N–H and O–H groups in total. The second-order valence-electron chi connectivity index (χ2n) is 8.47. The highest BCUT2D eigenvalue weighted by molar-refractivity contribution is 7.89. The maximum Gasteiger partial charge on any atom is 0.257 e. The highest BCUT2D eigenvalue weighted by Gasteiger charge is 2.31. The molecule has 4 rings (SSSR count). The minimum Gasteiger partial charge on any atom is -0.334 e. The monoisotopic (exact) mass is 454 g/mol. The van der Waals surface area contributed by atoms with Crippen LogP contribution in [0.25, 0.3) is 11.5 Å². The van der Waals surface area contributed by atoms with E-state index in [2.05, 4.69) is 29.3 Å². The van der Waals surface area contributed by atoms with Crippen molar-refractivity contribution in [1.29, 1.82) is 0 Å². The number of nitrogens with zero attached hydrogens (tertiary/aromatic N) is 3. The molecular formula is C23H26N4O4S. The number of carbonyl (C=O) groups excluding carboxylic acids is 1. The first-order valence-corrected chi connectivity index (χ1v) is 12.0. The topological polar surface area (TPSA) is 105 Å². The Hall–Kier alpha value is -3.04. The first-order chi connectivity index (χ1) is 15.2. The van der Waals surface area contributed by atoms with Gasteiger partial charge in [0.2, 0.25) is 10.0 Å². The Balaban J connectivity index is 1.43. The number of amides is 1. The smallest absolute Gasteiger partial charge is 0.257 e. The first-order valence-electron chi connectivity index (χ1n) is 10.5. The van der Waals surface area contributed by atoms with Gasteiger partial charge < -0.3 is 9.84 Å². The standard InChI is InChI=1S/C23H26N4O4S/c1-15-12-16(2)14-27(13-15)32(29,30)21-10-8-20(9-11-21)25-22(28)18-4-6-19(7-5-18)23-24-17(3)26-31-23/h4-11,15-16H,12-14H2,1-3H3,(H,25,28). The van der Waals surface area contributed by atoms with E-state index in [9.17, 15) is 13.2 Å². The Morgan fingerprint density at radius 2 is 1.66 bits per heavy atom. The highest BCUT2D eigenvalue weighted by atomic mass is 32.2. The van der Waals surface area contributed by atoms with E-state index in [0.29, 0.717) is 47.9 Å². The molecule has 2 heterocycles. The zero-order valence-corrected chi connectivity index (χ0v) is 19.1. The maximum atomic E-state index is 13.0. The normalized spacial score (nSPS) is 19.6. The molecule has 0 spiro atoms. The Morgan fingerprint density at radius 3 is 2.22 bits per heavy atom. The fourth-order valence-electron chi connectivity index (χ4n) is 4.04. The third kappa shape index (κ3) is 4.73. The molecule has 1 aliphatic heterocycles. The number of hydrogen-bond acceptors (Lipinski definition) is 6.